The van der Waals surface area contributed by atoms with Crippen LogP contribution in [0.1, 0.15) is 25.8 Å². The van der Waals surface area contributed by atoms with Crippen molar-refractivity contribution in [2.45, 2.75) is 20.3 Å². The van der Waals surface area contributed by atoms with E-state index in [1.54, 1.807) is 19.1 Å². The first-order valence-corrected chi connectivity index (χ1v) is 4.94. The van der Waals surface area contributed by atoms with Gasteiger partial charge in [-0.1, -0.05) is 37.3 Å². The molecule has 0 amide bonds. The molecule has 0 bridgehead atoms. The van der Waals surface area contributed by atoms with Crippen molar-refractivity contribution in [2.75, 3.05) is 0 Å². The van der Waals surface area contributed by atoms with E-state index in [1.807, 2.05) is 19.1 Å². The molecule has 0 aliphatic heterocycles. The Morgan fingerprint density at radius 1 is 1.33 bits per heavy atom. The predicted octanol–water partition coefficient (Wildman–Crippen LogP) is 4.33. The van der Waals surface area contributed by atoms with Gasteiger partial charge in [0.15, 0.2) is 11.6 Å². The molecule has 0 fully saturated rings. The van der Waals surface area contributed by atoms with Crippen molar-refractivity contribution in [3.05, 3.63) is 53.6 Å². The Hall–Kier alpha value is -1.44. The summed E-state index contributed by atoms with van der Waals surface area (Å²) >= 11 is 0. The summed E-state index contributed by atoms with van der Waals surface area (Å²) in [5.41, 5.74) is 1.03. The Balaban J connectivity index is 3.01. The van der Waals surface area contributed by atoms with Crippen LogP contribution in [0.5, 0.6) is 0 Å². The van der Waals surface area contributed by atoms with Crippen molar-refractivity contribution in [2.24, 2.45) is 0 Å². The van der Waals surface area contributed by atoms with E-state index >= 15 is 0 Å². The molecule has 0 aliphatic rings. The maximum absolute atomic E-state index is 13.3. The molecule has 0 radical (unpaired) electrons. The smallest absolute Gasteiger partial charge is 0.166 e. The Kier molecular flexibility index (Phi) is 4.22. The highest BCUT2D eigenvalue weighted by molar-refractivity contribution is 5.65. The average molecular weight is 208 g/mol. The molecule has 80 valence electrons. The summed E-state index contributed by atoms with van der Waals surface area (Å²) in [4.78, 5) is 0. The van der Waals surface area contributed by atoms with Gasteiger partial charge in [-0.15, -0.1) is 0 Å². The highest BCUT2D eigenvalue weighted by Crippen LogP contribution is 2.19. The average Bonchev–Trinajstić information content (AvgIpc) is 2.22. The van der Waals surface area contributed by atoms with Crippen LogP contribution < -0.4 is 0 Å². The van der Waals surface area contributed by atoms with Gasteiger partial charge in [0.25, 0.3) is 0 Å². The monoisotopic (exact) mass is 208 g/mol. The zero-order valence-corrected chi connectivity index (χ0v) is 8.93. The summed E-state index contributed by atoms with van der Waals surface area (Å²) in [6, 6.07) is 4.20. The van der Waals surface area contributed by atoms with Gasteiger partial charge in [0.05, 0.1) is 0 Å². The number of halogens is 2. The fourth-order valence-electron chi connectivity index (χ4n) is 1.25. The molecule has 15 heavy (non-hydrogen) atoms. The molecule has 0 atom stereocenters. The Labute approximate surface area is 88.9 Å². The highest BCUT2D eigenvalue weighted by atomic mass is 19.2. The van der Waals surface area contributed by atoms with Gasteiger partial charge in [-0.25, -0.2) is 8.78 Å². The standard InChI is InChI=1S/C13H14F2/c1-3-4-5-7-10(2)11-8-6-9-12(14)13(11)15/h4-9H,3H2,1-2H3/b5-4-,10-7+. The van der Waals surface area contributed by atoms with E-state index in [4.69, 9.17) is 0 Å². The largest absolute Gasteiger partial charge is 0.204 e. The van der Waals surface area contributed by atoms with E-state index in [-0.39, 0.29) is 0 Å². The summed E-state index contributed by atoms with van der Waals surface area (Å²) < 4.78 is 26.2. The fraction of sp³-hybridized carbons (Fsp3) is 0.231. The van der Waals surface area contributed by atoms with Crippen LogP contribution in [0.15, 0.2) is 36.4 Å². The van der Waals surface area contributed by atoms with Crippen LogP contribution in [0.4, 0.5) is 8.78 Å². The summed E-state index contributed by atoms with van der Waals surface area (Å²) in [5.74, 6) is -1.59. The van der Waals surface area contributed by atoms with Gasteiger partial charge in [-0.2, -0.15) is 0 Å². The lowest BCUT2D eigenvalue weighted by Crippen LogP contribution is -1.90. The topological polar surface area (TPSA) is 0 Å². The second-order valence-corrected chi connectivity index (χ2v) is 3.29. The van der Waals surface area contributed by atoms with Gasteiger partial charge in [-0.05, 0) is 25.0 Å². The first-order valence-electron chi connectivity index (χ1n) is 4.94. The molecular weight excluding hydrogens is 194 g/mol. The van der Waals surface area contributed by atoms with Crippen LogP contribution in [-0.4, -0.2) is 0 Å². The summed E-state index contributed by atoms with van der Waals surface area (Å²) in [6.07, 6.45) is 6.51. The Morgan fingerprint density at radius 3 is 2.73 bits per heavy atom. The molecule has 0 saturated heterocycles. The van der Waals surface area contributed by atoms with Crippen molar-refractivity contribution in [1.82, 2.24) is 0 Å². The minimum absolute atomic E-state index is 0.316. The molecule has 1 aromatic carbocycles. The van der Waals surface area contributed by atoms with Gasteiger partial charge in [0.2, 0.25) is 0 Å². The normalized spacial score (nSPS) is 12.4. The van der Waals surface area contributed by atoms with E-state index < -0.39 is 11.6 Å². The van der Waals surface area contributed by atoms with E-state index in [9.17, 15) is 8.78 Å². The van der Waals surface area contributed by atoms with Gasteiger partial charge >= 0.3 is 0 Å². The van der Waals surface area contributed by atoms with E-state index in [0.29, 0.717) is 5.56 Å². The number of hydrogen-bond acceptors (Lipinski definition) is 0. The lowest BCUT2D eigenvalue weighted by molar-refractivity contribution is 0.506. The lowest BCUT2D eigenvalue weighted by atomic mass is 10.1. The van der Waals surface area contributed by atoms with Crippen molar-refractivity contribution in [1.29, 1.82) is 0 Å². The first kappa shape index (κ1) is 11.6. The van der Waals surface area contributed by atoms with Crippen LogP contribution in [0.2, 0.25) is 0 Å². The van der Waals surface area contributed by atoms with Gasteiger partial charge in [0.1, 0.15) is 0 Å². The Morgan fingerprint density at radius 2 is 2.07 bits per heavy atom. The zero-order valence-electron chi connectivity index (χ0n) is 8.93. The van der Waals surface area contributed by atoms with Crippen molar-refractivity contribution in [3.63, 3.8) is 0 Å². The molecule has 0 aromatic heterocycles. The van der Waals surface area contributed by atoms with E-state index in [0.717, 1.165) is 18.1 Å². The summed E-state index contributed by atoms with van der Waals surface area (Å²) in [5, 5.41) is 0. The molecule has 0 nitrogen and oxygen atoms in total. The predicted molar refractivity (Wildman–Crippen MR) is 59.4 cm³/mol. The van der Waals surface area contributed by atoms with Crippen molar-refractivity contribution >= 4 is 5.57 Å². The third-order valence-electron chi connectivity index (χ3n) is 2.09. The van der Waals surface area contributed by atoms with Crippen LogP contribution in [0.3, 0.4) is 0 Å². The van der Waals surface area contributed by atoms with Gasteiger partial charge in [0, 0.05) is 5.56 Å². The molecule has 0 heterocycles. The molecule has 2 heteroatoms. The highest BCUT2D eigenvalue weighted by Gasteiger charge is 2.07. The fourth-order valence-corrected chi connectivity index (χ4v) is 1.25. The second-order valence-electron chi connectivity index (χ2n) is 3.29. The van der Waals surface area contributed by atoms with Crippen LogP contribution in [0.25, 0.3) is 5.57 Å². The number of benzene rings is 1. The molecular formula is C13H14F2. The minimum Gasteiger partial charge on any atom is -0.204 e. The van der Waals surface area contributed by atoms with Crippen LogP contribution in [0, 0.1) is 11.6 Å². The van der Waals surface area contributed by atoms with Crippen molar-refractivity contribution < 1.29 is 8.78 Å². The van der Waals surface area contributed by atoms with Crippen molar-refractivity contribution in [3.8, 4) is 0 Å². The lowest BCUT2D eigenvalue weighted by Gasteiger charge is -2.02. The summed E-state index contributed by atoms with van der Waals surface area (Å²) in [6.45, 7) is 3.78. The molecule has 0 aliphatic carbocycles. The second kappa shape index (κ2) is 5.44. The van der Waals surface area contributed by atoms with Crippen LogP contribution >= 0.6 is 0 Å². The zero-order chi connectivity index (χ0) is 11.3. The van der Waals surface area contributed by atoms with E-state index in [2.05, 4.69) is 0 Å². The van der Waals surface area contributed by atoms with Gasteiger partial charge in [-0.3, -0.25) is 0 Å². The van der Waals surface area contributed by atoms with Crippen LogP contribution in [-0.2, 0) is 0 Å². The third kappa shape index (κ3) is 3.01. The summed E-state index contributed by atoms with van der Waals surface area (Å²) in [7, 11) is 0. The molecule has 0 spiro atoms. The maximum atomic E-state index is 13.3. The molecule has 0 saturated carbocycles. The number of allylic oxidation sites excluding steroid dienone is 4. The minimum atomic E-state index is -0.806. The molecule has 1 aromatic rings. The third-order valence-corrected chi connectivity index (χ3v) is 2.09. The quantitative estimate of drug-likeness (QED) is 0.648. The molecule has 0 unspecified atom stereocenters. The maximum Gasteiger partial charge on any atom is 0.166 e. The van der Waals surface area contributed by atoms with E-state index in [1.165, 1.54) is 6.07 Å². The number of rotatable bonds is 3. The Bertz CT molecular complexity index is 390. The molecule has 1 rings (SSSR count). The van der Waals surface area contributed by atoms with Gasteiger partial charge < -0.3 is 0 Å². The molecule has 0 N–H and O–H groups in total. The number of hydrogen-bond donors (Lipinski definition) is 0. The first-order chi connectivity index (χ1) is 7.16. The SMILES string of the molecule is CC/C=C\C=C(/C)c1cccc(F)c1F.